The summed E-state index contributed by atoms with van der Waals surface area (Å²) in [4.78, 5) is 37.5. The first-order valence-electron chi connectivity index (χ1n) is 8.91. The predicted octanol–water partition coefficient (Wildman–Crippen LogP) is 2.79. The second-order valence-corrected chi connectivity index (χ2v) is 8.02. The summed E-state index contributed by atoms with van der Waals surface area (Å²) in [7, 11) is 1.35. The van der Waals surface area contributed by atoms with E-state index in [9.17, 15) is 14.4 Å². The Balaban J connectivity index is 1.82. The third kappa shape index (κ3) is 4.24. The van der Waals surface area contributed by atoms with Crippen molar-refractivity contribution in [2.24, 2.45) is 5.92 Å². The normalized spacial score (nSPS) is 15.7. The highest BCUT2D eigenvalue weighted by atomic mass is 32.1. The van der Waals surface area contributed by atoms with Crippen molar-refractivity contribution in [3.63, 3.8) is 0 Å². The number of carbonyl (C=O) groups excluding carboxylic acids is 3. The number of rotatable bonds is 5. The van der Waals surface area contributed by atoms with E-state index in [2.05, 4.69) is 12.2 Å². The molecule has 0 saturated heterocycles. The number of pyridine rings is 1. The predicted molar refractivity (Wildman–Crippen MR) is 102 cm³/mol. The number of Topliss-reactive ketones (excluding diaryl/α,β-unsaturated/α-hetero) is 1. The van der Waals surface area contributed by atoms with Crippen LogP contribution in [0.2, 0.25) is 0 Å². The number of hydrogen-bond donors (Lipinski definition) is 1. The number of carbonyl (C=O) groups is 3. The molecule has 0 saturated carbocycles. The van der Waals surface area contributed by atoms with Gasteiger partial charge < -0.3 is 10.1 Å². The molecular formula is C20H23N2O4S+. The fraction of sp³-hybridized carbons (Fsp3) is 0.400. The molecule has 27 heavy (non-hydrogen) atoms. The number of methoxy groups -OCH3 is 1. The highest BCUT2D eigenvalue weighted by molar-refractivity contribution is 7.17. The lowest BCUT2D eigenvalue weighted by Crippen LogP contribution is -2.40. The van der Waals surface area contributed by atoms with Crippen molar-refractivity contribution in [1.82, 2.24) is 0 Å². The first-order valence-corrected chi connectivity index (χ1v) is 9.73. The van der Waals surface area contributed by atoms with Crippen LogP contribution in [0.3, 0.4) is 0 Å². The van der Waals surface area contributed by atoms with E-state index in [1.165, 1.54) is 25.4 Å². The lowest BCUT2D eigenvalue weighted by molar-refractivity contribution is -0.684. The van der Waals surface area contributed by atoms with E-state index >= 15 is 0 Å². The third-order valence-corrected chi connectivity index (χ3v) is 5.91. The van der Waals surface area contributed by atoms with Crippen LogP contribution in [0, 0.1) is 5.92 Å². The molecule has 2 heterocycles. The van der Waals surface area contributed by atoms with Crippen LogP contribution in [-0.4, -0.2) is 24.8 Å². The Hall–Kier alpha value is -2.54. The highest BCUT2D eigenvalue weighted by Crippen LogP contribution is 2.39. The summed E-state index contributed by atoms with van der Waals surface area (Å²) >= 11 is 1.46. The quantitative estimate of drug-likeness (QED) is 0.486. The molecule has 0 unspecified atom stereocenters. The van der Waals surface area contributed by atoms with Crippen LogP contribution in [-0.2, 0) is 28.9 Å². The molecule has 3 rings (SSSR count). The molecule has 6 nitrogen and oxygen atoms in total. The number of nitrogens with zero attached hydrogens (tertiary/aromatic N) is 1. The maximum Gasteiger partial charge on any atom is 0.341 e. The van der Waals surface area contributed by atoms with Gasteiger partial charge in [-0.05, 0) is 43.7 Å². The SMILES string of the molecule is COC(=O)c1c(NC(=O)C[n+]2cccc(C(C)=O)c2)sc2c1CC[C@@H](C)C2. The van der Waals surface area contributed by atoms with Gasteiger partial charge in [0.05, 0.1) is 18.2 Å². The summed E-state index contributed by atoms with van der Waals surface area (Å²) in [5, 5.41) is 3.42. The van der Waals surface area contributed by atoms with Gasteiger partial charge in [-0.25, -0.2) is 4.79 Å². The Kier molecular flexibility index (Phi) is 5.70. The Labute approximate surface area is 162 Å². The Bertz CT molecular complexity index is 903. The molecule has 1 amide bonds. The zero-order chi connectivity index (χ0) is 19.6. The first-order chi connectivity index (χ1) is 12.9. The van der Waals surface area contributed by atoms with Gasteiger partial charge in [-0.15, -0.1) is 11.3 Å². The maximum absolute atomic E-state index is 12.5. The average molecular weight is 387 g/mol. The first kappa shape index (κ1) is 19.2. The zero-order valence-electron chi connectivity index (χ0n) is 15.7. The standard InChI is InChI=1S/C20H22N2O4S/c1-12-6-7-15-16(9-12)27-19(18(15)20(25)26-3)21-17(24)11-22-8-4-5-14(10-22)13(2)23/h4-5,8,10,12H,6-7,9,11H2,1-3H3/p+1/t12-/m1/s1. The number of amides is 1. The van der Waals surface area contributed by atoms with Gasteiger partial charge in [-0.3, -0.25) is 9.59 Å². The molecule has 2 aromatic heterocycles. The van der Waals surface area contributed by atoms with Crippen molar-refractivity contribution >= 4 is 34.0 Å². The summed E-state index contributed by atoms with van der Waals surface area (Å²) in [5.41, 5.74) is 2.04. The van der Waals surface area contributed by atoms with Gasteiger partial charge in [-0.2, -0.15) is 4.57 Å². The van der Waals surface area contributed by atoms with E-state index in [0.717, 1.165) is 29.7 Å². The number of nitrogens with one attached hydrogen (secondary N) is 1. The van der Waals surface area contributed by atoms with Crippen LogP contribution >= 0.6 is 11.3 Å². The van der Waals surface area contributed by atoms with Gasteiger partial charge in [-0.1, -0.05) is 6.92 Å². The van der Waals surface area contributed by atoms with Crippen LogP contribution in [0.25, 0.3) is 0 Å². The van der Waals surface area contributed by atoms with Crippen LogP contribution in [0.1, 0.15) is 51.4 Å². The van der Waals surface area contributed by atoms with Crippen LogP contribution < -0.4 is 9.88 Å². The number of hydrogen-bond acceptors (Lipinski definition) is 5. The van der Waals surface area contributed by atoms with Crippen molar-refractivity contribution in [1.29, 1.82) is 0 Å². The summed E-state index contributed by atoms with van der Waals surface area (Å²) < 4.78 is 6.60. The fourth-order valence-corrected chi connectivity index (χ4v) is 4.73. The number of ketones is 1. The largest absolute Gasteiger partial charge is 0.465 e. The molecule has 142 valence electrons. The molecule has 0 radical (unpaired) electrons. The lowest BCUT2D eigenvalue weighted by Gasteiger charge is -2.18. The number of esters is 1. The molecule has 0 fully saturated rings. The van der Waals surface area contributed by atoms with Gasteiger partial charge in [0.25, 0.3) is 5.91 Å². The molecule has 0 bridgehead atoms. The van der Waals surface area contributed by atoms with Crippen molar-refractivity contribution in [3.8, 4) is 0 Å². The molecule has 0 aromatic carbocycles. The summed E-state index contributed by atoms with van der Waals surface area (Å²) in [6.45, 7) is 3.73. The second-order valence-electron chi connectivity index (χ2n) is 6.92. The summed E-state index contributed by atoms with van der Waals surface area (Å²) in [6.07, 6.45) is 6.13. The minimum absolute atomic E-state index is 0.0563. The molecule has 1 N–H and O–H groups in total. The van der Waals surface area contributed by atoms with E-state index in [1.807, 2.05) is 0 Å². The molecule has 0 aliphatic heterocycles. The average Bonchev–Trinajstić information content (AvgIpc) is 2.97. The Morgan fingerprint density at radius 3 is 2.85 bits per heavy atom. The van der Waals surface area contributed by atoms with E-state index in [-0.39, 0.29) is 18.2 Å². The lowest BCUT2D eigenvalue weighted by atomic mass is 9.88. The van der Waals surface area contributed by atoms with Gasteiger partial charge >= 0.3 is 5.97 Å². The molecule has 7 heteroatoms. The van der Waals surface area contributed by atoms with Gasteiger partial charge in [0.15, 0.2) is 18.2 Å². The van der Waals surface area contributed by atoms with Crippen molar-refractivity contribution in [3.05, 3.63) is 46.1 Å². The molecule has 2 aromatic rings. The maximum atomic E-state index is 12.5. The molecule has 1 atom stereocenters. The number of thiophene rings is 1. The number of anilines is 1. The zero-order valence-corrected chi connectivity index (χ0v) is 16.5. The number of ether oxygens (including phenoxy) is 1. The van der Waals surface area contributed by atoms with Crippen molar-refractivity contribution < 1.29 is 23.7 Å². The minimum atomic E-state index is -0.413. The monoisotopic (exact) mass is 387 g/mol. The smallest absolute Gasteiger partial charge is 0.341 e. The van der Waals surface area contributed by atoms with E-state index in [4.69, 9.17) is 4.74 Å². The van der Waals surface area contributed by atoms with E-state index in [0.29, 0.717) is 22.0 Å². The summed E-state index contributed by atoms with van der Waals surface area (Å²) in [5.74, 6) is -0.158. The van der Waals surface area contributed by atoms with E-state index in [1.54, 1.807) is 29.1 Å². The second kappa shape index (κ2) is 8.00. The number of fused-ring (bicyclic) bond motifs is 1. The molecular weight excluding hydrogens is 364 g/mol. The number of aromatic nitrogens is 1. The fourth-order valence-electron chi connectivity index (χ4n) is 3.32. The molecule has 0 spiro atoms. The van der Waals surface area contributed by atoms with Crippen LogP contribution in [0.4, 0.5) is 5.00 Å². The van der Waals surface area contributed by atoms with Crippen molar-refractivity contribution in [2.75, 3.05) is 12.4 Å². The Morgan fingerprint density at radius 1 is 1.37 bits per heavy atom. The Morgan fingerprint density at radius 2 is 2.15 bits per heavy atom. The van der Waals surface area contributed by atoms with Crippen molar-refractivity contribution in [2.45, 2.75) is 39.7 Å². The summed E-state index contributed by atoms with van der Waals surface area (Å²) in [6, 6.07) is 3.44. The van der Waals surface area contributed by atoms with Gasteiger partial charge in [0.2, 0.25) is 6.54 Å². The van der Waals surface area contributed by atoms with E-state index < -0.39 is 5.97 Å². The molecule has 1 aliphatic rings. The highest BCUT2D eigenvalue weighted by Gasteiger charge is 2.29. The van der Waals surface area contributed by atoms with Crippen LogP contribution in [0.5, 0.6) is 0 Å². The molecule has 1 aliphatic carbocycles. The topological polar surface area (TPSA) is 76.3 Å². The third-order valence-electron chi connectivity index (χ3n) is 4.75. The van der Waals surface area contributed by atoms with Crippen LogP contribution in [0.15, 0.2) is 24.5 Å². The van der Waals surface area contributed by atoms with Gasteiger partial charge in [0.1, 0.15) is 5.00 Å². The minimum Gasteiger partial charge on any atom is -0.465 e. The van der Waals surface area contributed by atoms with Gasteiger partial charge in [0, 0.05) is 10.9 Å².